The van der Waals surface area contributed by atoms with Gasteiger partial charge in [0.2, 0.25) is 0 Å². The number of rotatable bonds is 7. The molecule has 0 bridgehead atoms. The minimum Gasteiger partial charge on any atom is -0.492 e. The maximum absolute atomic E-state index is 8.99. The third-order valence-corrected chi connectivity index (χ3v) is 3.62. The molecular weight excluding hydrogens is 307 g/mol. The van der Waals surface area contributed by atoms with Gasteiger partial charge in [0.15, 0.2) is 0 Å². The van der Waals surface area contributed by atoms with Crippen LogP contribution in [0.25, 0.3) is 0 Å². The molecule has 0 amide bonds. The Morgan fingerprint density at radius 3 is 2.62 bits per heavy atom. The Morgan fingerprint density at radius 2 is 2.05 bits per heavy atom. The van der Waals surface area contributed by atoms with Gasteiger partial charge in [-0.05, 0) is 57.7 Å². The van der Waals surface area contributed by atoms with Crippen LogP contribution in [0.5, 0.6) is 5.75 Å². The normalized spacial score (nSPS) is 12.8. The SMILES string of the molecule is CC(N)Cc1cc(Cl)cc(Cl)c1OCCCC(C)(C)C#N. The van der Waals surface area contributed by atoms with E-state index in [0.717, 1.165) is 18.4 Å². The number of nitriles is 1. The first-order valence-electron chi connectivity index (χ1n) is 7.03. The Kier molecular flexibility index (Phi) is 6.80. The van der Waals surface area contributed by atoms with E-state index in [-0.39, 0.29) is 11.5 Å². The van der Waals surface area contributed by atoms with E-state index in [1.807, 2.05) is 26.8 Å². The van der Waals surface area contributed by atoms with Crippen molar-refractivity contribution < 1.29 is 4.74 Å². The molecule has 0 aliphatic rings. The molecule has 1 atom stereocenters. The van der Waals surface area contributed by atoms with Crippen molar-refractivity contribution in [1.29, 1.82) is 5.26 Å². The van der Waals surface area contributed by atoms with Crippen LogP contribution in [0.15, 0.2) is 12.1 Å². The van der Waals surface area contributed by atoms with Gasteiger partial charge >= 0.3 is 0 Å². The van der Waals surface area contributed by atoms with Gasteiger partial charge in [0.05, 0.1) is 23.1 Å². The third kappa shape index (κ3) is 6.13. The van der Waals surface area contributed by atoms with E-state index in [4.69, 9.17) is 38.9 Å². The van der Waals surface area contributed by atoms with Crippen molar-refractivity contribution >= 4 is 23.2 Å². The van der Waals surface area contributed by atoms with Crippen LogP contribution in [-0.2, 0) is 6.42 Å². The van der Waals surface area contributed by atoms with Crippen molar-refractivity contribution in [3.8, 4) is 11.8 Å². The highest BCUT2D eigenvalue weighted by molar-refractivity contribution is 6.35. The second-order valence-electron chi connectivity index (χ2n) is 6.00. The summed E-state index contributed by atoms with van der Waals surface area (Å²) in [5.41, 5.74) is 6.43. The lowest BCUT2D eigenvalue weighted by molar-refractivity contribution is 0.281. The molecule has 3 nitrogen and oxygen atoms in total. The van der Waals surface area contributed by atoms with Crippen LogP contribution < -0.4 is 10.5 Å². The van der Waals surface area contributed by atoms with Crippen molar-refractivity contribution in [1.82, 2.24) is 0 Å². The van der Waals surface area contributed by atoms with Gasteiger partial charge in [-0.25, -0.2) is 0 Å². The van der Waals surface area contributed by atoms with Crippen LogP contribution in [0.3, 0.4) is 0 Å². The minimum absolute atomic E-state index is 0.000550. The monoisotopic (exact) mass is 328 g/mol. The Labute approximate surface area is 137 Å². The summed E-state index contributed by atoms with van der Waals surface area (Å²) in [6.07, 6.45) is 2.22. The maximum atomic E-state index is 8.99. The quantitative estimate of drug-likeness (QED) is 0.744. The van der Waals surface area contributed by atoms with Gasteiger partial charge in [-0.2, -0.15) is 5.26 Å². The fraction of sp³-hybridized carbons (Fsp3) is 0.562. The standard InChI is InChI=1S/C16H22Cl2N2O/c1-11(20)7-12-8-13(17)9-14(18)15(12)21-6-4-5-16(2,3)10-19/h8-9,11H,4-7,20H2,1-3H3. The van der Waals surface area contributed by atoms with Crippen LogP contribution in [0.2, 0.25) is 10.0 Å². The third-order valence-electron chi connectivity index (χ3n) is 3.12. The van der Waals surface area contributed by atoms with E-state index in [2.05, 4.69) is 6.07 Å². The van der Waals surface area contributed by atoms with Gasteiger partial charge in [-0.1, -0.05) is 23.2 Å². The highest BCUT2D eigenvalue weighted by Crippen LogP contribution is 2.33. The van der Waals surface area contributed by atoms with Gasteiger partial charge in [0.1, 0.15) is 5.75 Å². The molecule has 0 fully saturated rings. The predicted octanol–water partition coefficient (Wildman–Crippen LogP) is 4.59. The second-order valence-corrected chi connectivity index (χ2v) is 6.85. The molecule has 1 rings (SSSR count). The smallest absolute Gasteiger partial charge is 0.141 e. The molecule has 0 saturated heterocycles. The molecule has 116 valence electrons. The first-order valence-corrected chi connectivity index (χ1v) is 7.78. The summed E-state index contributed by atoms with van der Waals surface area (Å²) in [6.45, 7) is 6.28. The molecule has 1 aromatic rings. The summed E-state index contributed by atoms with van der Waals surface area (Å²) in [7, 11) is 0. The van der Waals surface area contributed by atoms with Crippen molar-refractivity contribution in [2.75, 3.05) is 6.61 Å². The Morgan fingerprint density at radius 1 is 1.38 bits per heavy atom. The van der Waals surface area contributed by atoms with Crippen LogP contribution in [0.1, 0.15) is 39.2 Å². The Bertz CT molecular complexity index is 522. The van der Waals surface area contributed by atoms with Crippen molar-refractivity contribution in [3.63, 3.8) is 0 Å². The largest absolute Gasteiger partial charge is 0.492 e. The molecular formula is C16H22Cl2N2O. The molecule has 0 radical (unpaired) electrons. The topological polar surface area (TPSA) is 59.0 Å². The van der Waals surface area contributed by atoms with E-state index >= 15 is 0 Å². The fourth-order valence-electron chi connectivity index (χ4n) is 2.02. The Hall–Kier alpha value is -0.950. The first-order chi connectivity index (χ1) is 9.75. The predicted molar refractivity (Wildman–Crippen MR) is 87.9 cm³/mol. The zero-order chi connectivity index (χ0) is 16.0. The lowest BCUT2D eigenvalue weighted by atomic mass is 9.90. The molecule has 1 unspecified atom stereocenters. The molecule has 1 aromatic carbocycles. The van der Waals surface area contributed by atoms with Gasteiger partial charge in [0, 0.05) is 11.1 Å². The Balaban J connectivity index is 2.72. The maximum Gasteiger partial charge on any atom is 0.141 e. The molecule has 0 saturated carbocycles. The average molecular weight is 329 g/mol. The number of hydrogen-bond donors (Lipinski definition) is 1. The number of benzene rings is 1. The number of ether oxygens (including phenoxy) is 1. The highest BCUT2D eigenvalue weighted by Gasteiger charge is 2.17. The van der Waals surface area contributed by atoms with E-state index in [9.17, 15) is 0 Å². The first kappa shape index (κ1) is 18.1. The van der Waals surface area contributed by atoms with Crippen LogP contribution in [0.4, 0.5) is 0 Å². The van der Waals surface area contributed by atoms with E-state index in [0.29, 0.717) is 28.8 Å². The molecule has 2 N–H and O–H groups in total. The second kappa shape index (κ2) is 7.89. The molecule has 0 aromatic heterocycles. The zero-order valence-electron chi connectivity index (χ0n) is 12.7. The number of halogens is 2. The van der Waals surface area contributed by atoms with E-state index in [1.54, 1.807) is 6.07 Å². The number of nitrogens with two attached hydrogens (primary N) is 1. The molecule has 0 spiro atoms. The van der Waals surface area contributed by atoms with Crippen LogP contribution in [0, 0.1) is 16.7 Å². The lowest BCUT2D eigenvalue weighted by Gasteiger charge is -2.17. The highest BCUT2D eigenvalue weighted by atomic mass is 35.5. The van der Waals surface area contributed by atoms with Gasteiger partial charge < -0.3 is 10.5 Å². The number of nitrogens with zero attached hydrogens (tertiary/aromatic N) is 1. The average Bonchev–Trinajstić information content (AvgIpc) is 2.36. The molecule has 5 heteroatoms. The molecule has 21 heavy (non-hydrogen) atoms. The summed E-state index contributed by atoms with van der Waals surface area (Å²) in [5, 5.41) is 10.1. The van der Waals surface area contributed by atoms with Crippen LogP contribution >= 0.6 is 23.2 Å². The van der Waals surface area contributed by atoms with Gasteiger partial charge in [-0.3, -0.25) is 0 Å². The fourth-order valence-corrected chi connectivity index (χ4v) is 2.61. The van der Waals surface area contributed by atoms with Crippen LogP contribution in [-0.4, -0.2) is 12.6 Å². The van der Waals surface area contributed by atoms with E-state index in [1.165, 1.54) is 0 Å². The van der Waals surface area contributed by atoms with E-state index < -0.39 is 0 Å². The van der Waals surface area contributed by atoms with Crippen molar-refractivity contribution in [2.24, 2.45) is 11.1 Å². The summed E-state index contributed by atoms with van der Waals surface area (Å²) in [4.78, 5) is 0. The zero-order valence-corrected chi connectivity index (χ0v) is 14.3. The minimum atomic E-state index is -0.332. The molecule has 0 aliphatic heterocycles. The molecule has 0 heterocycles. The summed E-state index contributed by atoms with van der Waals surface area (Å²) in [6, 6.07) is 5.79. The number of hydrogen-bond acceptors (Lipinski definition) is 3. The summed E-state index contributed by atoms with van der Waals surface area (Å²) >= 11 is 12.2. The lowest BCUT2D eigenvalue weighted by Crippen LogP contribution is -2.18. The summed E-state index contributed by atoms with van der Waals surface area (Å²) in [5.74, 6) is 0.646. The molecule has 0 aliphatic carbocycles. The summed E-state index contributed by atoms with van der Waals surface area (Å²) < 4.78 is 5.81. The van der Waals surface area contributed by atoms with Crippen molar-refractivity contribution in [2.45, 2.75) is 46.1 Å². The van der Waals surface area contributed by atoms with Gasteiger partial charge in [-0.15, -0.1) is 0 Å². The van der Waals surface area contributed by atoms with Gasteiger partial charge in [0.25, 0.3) is 0 Å². The van der Waals surface area contributed by atoms with Crippen molar-refractivity contribution in [3.05, 3.63) is 27.7 Å².